The molecule has 1 unspecified atom stereocenters. The van der Waals surface area contributed by atoms with Crippen LogP contribution in [-0.4, -0.2) is 11.7 Å². The lowest BCUT2D eigenvalue weighted by molar-refractivity contribution is 0.672. The zero-order valence-electron chi connectivity index (χ0n) is 3.16. The average molecular weight is 152 g/mol. The van der Waals surface area contributed by atoms with Gasteiger partial charge in [0.25, 0.3) is 0 Å². The van der Waals surface area contributed by atoms with Crippen molar-refractivity contribution >= 4 is 15.9 Å². The van der Waals surface area contributed by atoms with Gasteiger partial charge in [0.2, 0.25) is 0 Å². The van der Waals surface area contributed by atoms with Crippen LogP contribution in [0.3, 0.4) is 0 Å². The Kier molecular flexibility index (Phi) is 1.42. The number of alkyl halides is 1. The molecule has 1 saturated heterocycles. The lowest BCUT2D eigenvalue weighted by Gasteiger charge is -1.93. The fourth-order valence-corrected chi connectivity index (χ4v) is 0.656. The summed E-state index contributed by atoms with van der Waals surface area (Å²) in [5.41, 5.74) is 5.74. The molecular weight excluding hydrogens is 146 g/mol. The molecule has 0 spiro atoms. The van der Waals surface area contributed by atoms with Gasteiger partial charge >= 0.3 is 0 Å². The van der Waals surface area contributed by atoms with Crippen LogP contribution in [0.4, 0.5) is 0 Å². The Labute approximate surface area is 44.6 Å². The van der Waals surface area contributed by atoms with Gasteiger partial charge in [0.15, 0.2) is 0 Å². The molecule has 36 valence electrons. The van der Waals surface area contributed by atoms with Crippen molar-refractivity contribution in [2.75, 3.05) is 6.67 Å². The number of hydrogen-bond donors (Lipinski definition) is 3. The molecule has 0 radical (unpaired) electrons. The molecule has 6 heavy (non-hydrogen) atoms. The van der Waals surface area contributed by atoms with E-state index in [-0.39, 0.29) is 5.08 Å². The number of rotatable bonds is 0. The average Bonchev–Trinajstić information content (AvgIpc) is 1.86. The highest BCUT2D eigenvalue weighted by Crippen LogP contribution is 1.87. The van der Waals surface area contributed by atoms with Crippen LogP contribution in [0, 0.1) is 0 Å². The Morgan fingerprint density at radius 3 is 2.67 bits per heavy atom. The van der Waals surface area contributed by atoms with Crippen LogP contribution < -0.4 is 16.2 Å². The topological polar surface area (TPSA) is 36.1 Å². The third-order valence-corrected chi connectivity index (χ3v) is 1.15. The lowest BCUT2D eigenvalue weighted by atomic mass is 11.1. The molecule has 4 heteroatoms. The van der Waals surface area contributed by atoms with Gasteiger partial charge in [-0.2, -0.15) is 0 Å². The third kappa shape index (κ3) is 0.909. The molecule has 0 aliphatic carbocycles. The molecule has 0 aromatic heterocycles. The van der Waals surface area contributed by atoms with E-state index < -0.39 is 0 Å². The van der Waals surface area contributed by atoms with Crippen molar-refractivity contribution in [3.63, 3.8) is 0 Å². The molecule has 1 fully saturated rings. The molecule has 1 aliphatic rings. The molecular formula is C2H6BrN3. The second-order valence-electron chi connectivity index (χ2n) is 1.06. The summed E-state index contributed by atoms with van der Waals surface area (Å²) >= 11 is 3.25. The first-order valence-corrected chi connectivity index (χ1v) is 2.67. The van der Waals surface area contributed by atoms with Crippen molar-refractivity contribution in [1.82, 2.24) is 16.2 Å². The smallest absolute Gasteiger partial charge is 0.128 e. The molecule has 0 aromatic rings. The second kappa shape index (κ2) is 1.88. The summed E-state index contributed by atoms with van der Waals surface area (Å²) in [5, 5.41) is 3.26. The molecule has 1 heterocycles. The normalized spacial score (nSPS) is 34.5. The van der Waals surface area contributed by atoms with Crippen LogP contribution in [0.2, 0.25) is 0 Å². The van der Waals surface area contributed by atoms with Crippen molar-refractivity contribution in [3.05, 3.63) is 0 Å². The largest absolute Gasteiger partial charge is 0.278 e. The van der Waals surface area contributed by atoms with E-state index in [0.717, 1.165) is 6.67 Å². The van der Waals surface area contributed by atoms with Crippen molar-refractivity contribution < 1.29 is 0 Å². The summed E-state index contributed by atoms with van der Waals surface area (Å²) in [5.74, 6) is 0. The first-order chi connectivity index (χ1) is 2.89. The Morgan fingerprint density at radius 1 is 1.67 bits per heavy atom. The predicted molar refractivity (Wildman–Crippen MR) is 27.0 cm³/mol. The van der Waals surface area contributed by atoms with Crippen LogP contribution in [0.15, 0.2) is 0 Å². The summed E-state index contributed by atoms with van der Waals surface area (Å²) in [6, 6.07) is 0. The minimum Gasteiger partial charge on any atom is -0.278 e. The zero-order chi connectivity index (χ0) is 4.41. The Balaban J connectivity index is 2.18. The van der Waals surface area contributed by atoms with Crippen LogP contribution in [0.5, 0.6) is 0 Å². The SMILES string of the molecule is BrC1NCNN1. The van der Waals surface area contributed by atoms with E-state index >= 15 is 0 Å². The number of halogens is 1. The highest BCUT2D eigenvalue weighted by atomic mass is 79.9. The minimum absolute atomic E-state index is 0.248. The van der Waals surface area contributed by atoms with Gasteiger partial charge in [-0.15, -0.1) is 0 Å². The third-order valence-electron chi connectivity index (χ3n) is 0.598. The molecule has 1 rings (SSSR count). The van der Waals surface area contributed by atoms with E-state index in [9.17, 15) is 0 Å². The lowest BCUT2D eigenvalue weighted by Crippen LogP contribution is -2.27. The summed E-state index contributed by atoms with van der Waals surface area (Å²) < 4.78 is 0. The Hall–Kier alpha value is 0.360. The summed E-state index contributed by atoms with van der Waals surface area (Å²) in [4.78, 5) is 0. The van der Waals surface area contributed by atoms with E-state index in [1.165, 1.54) is 0 Å². The maximum absolute atomic E-state index is 3.25. The van der Waals surface area contributed by atoms with Crippen molar-refractivity contribution in [3.8, 4) is 0 Å². The summed E-state index contributed by atoms with van der Waals surface area (Å²) in [7, 11) is 0. The van der Waals surface area contributed by atoms with Crippen LogP contribution in [0.25, 0.3) is 0 Å². The van der Waals surface area contributed by atoms with E-state index in [1.807, 2.05) is 0 Å². The maximum atomic E-state index is 3.25. The first kappa shape index (κ1) is 4.52. The van der Waals surface area contributed by atoms with Gasteiger partial charge in [-0.05, 0) is 0 Å². The molecule has 0 saturated carbocycles. The van der Waals surface area contributed by atoms with Gasteiger partial charge in [-0.1, -0.05) is 15.9 Å². The highest BCUT2D eigenvalue weighted by molar-refractivity contribution is 9.09. The molecule has 3 N–H and O–H groups in total. The zero-order valence-corrected chi connectivity index (χ0v) is 4.75. The van der Waals surface area contributed by atoms with E-state index in [2.05, 4.69) is 32.1 Å². The summed E-state index contributed by atoms with van der Waals surface area (Å²) in [6.07, 6.45) is 0. The minimum atomic E-state index is 0.248. The maximum Gasteiger partial charge on any atom is 0.128 e. The van der Waals surface area contributed by atoms with E-state index in [1.54, 1.807) is 0 Å². The standard InChI is InChI=1S/C2H6BrN3/c3-2-4-1-5-6-2/h2,4-6H,1H2. The van der Waals surface area contributed by atoms with Gasteiger partial charge in [0, 0.05) is 0 Å². The fraction of sp³-hybridized carbons (Fsp3) is 1.00. The predicted octanol–water partition coefficient (Wildman–Crippen LogP) is -0.680. The number of hydrazine groups is 1. The molecule has 0 amide bonds. The van der Waals surface area contributed by atoms with Crippen molar-refractivity contribution in [2.45, 2.75) is 5.08 Å². The van der Waals surface area contributed by atoms with Crippen LogP contribution >= 0.6 is 15.9 Å². The molecule has 0 aromatic carbocycles. The molecule has 3 nitrogen and oxygen atoms in total. The van der Waals surface area contributed by atoms with Crippen LogP contribution in [-0.2, 0) is 0 Å². The highest BCUT2D eigenvalue weighted by Gasteiger charge is 2.04. The van der Waals surface area contributed by atoms with E-state index in [4.69, 9.17) is 0 Å². The summed E-state index contributed by atoms with van der Waals surface area (Å²) in [6.45, 7) is 0.829. The van der Waals surface area contributed by atoms with Crippen LogP contribution in [0.1, 0.15) is 0 Å². The van der Waals surface area contributed by atoms with E-state index in [0.29, 0.717) is 0 Å². The second-order valence-corrected chi connectivity index (χ2v) is 1.98. The Morgan fingerprint density at radius 2 is 2.50 bits per heavy atom. The molecule has 1 aliphatic heterocycles. The van der Waals surface area contributed by atoms with Gasteiger partial charge in [0.1, 0.15) is 5.08 Å². The van der Waals surface area contributed by atoms with Gasteiger partial charge in [0.05, 0.1) is 6.67 Å². The van der Waals surface area contributed by atoms with Crippen molar-refractivity contribution in [2.24, 2.45) is 0 Å². The van der Waals surface area contributed by atoms with Gasteiger partial charge in [-0.3, -0.25) is 5.32 Å². The number of hydrogen-bond acceptors (Lipinski definition) is 3. The Bertz CT molecular complexity index is 42.1. The van der Waals surface area contributed by atoms with Crippen molar-refractivity contribution in [1.29, 1.82) is 0 Å². The number of nitrogens with one attached hydrogen (secondary N) is 3. The van der Waals surface area contributed by atoms with Gasteiger partial charge in [-0.25, -0.2) is 10.9 Å². The fourth-order valence-electron chi connectivity index (χ4n) is 0.332. The molecule has 1 atom stereocenters. The quantitative estimate of drug-likeness (QED) is 0.318. The molecule has 0 bridgehead atoms. The first-order valence-electron chi connectivity index (χ1n) is 1.75. The van der Waals surface area contributed by atoms with Gasteiger partial charge < -0.3 is 0 Å². The monoisotopic (exact) mass is 151 g/mol.